The second-order valence-corrected chi connectivity index (χ2v) is 8.84. The molecule has 33 heavy (non-hydrogen) atoms. The van der Waals surface area contributed by atoms with Crippen LogP contribution in [-0.2, 0) is 22.3 Å². The van der Waals surface area contributed by atoms with Crippen LogP contribution >= 0.6 is 0 Å². The Morgan fingerprint density at radius 3 is 1.58 bits per heavy atom. The molecule has 2 aliphatic rings. The van der Waals surface area contributed by atoms with E-state index in [0.29, 0.717) is 25.0 Å². The van der Waals surface area contributed by atoms with Crippen LogP contribution in [-0.4, -0.2) is 51.2 Å². The molecule has 2 heterocycles. The summed E-state index contributed by atoms with van der Waals surface area (Å²) in [5.41, 5.74) is 5.54. The van der Waals surface area contributed by atoms with Crippen LogP contribution in [0.1, 0.15) is 22.3 Å². The molecule has 0 saturated heterocycles. The summed E-state index contributed by atoms with van der Waals surface area (Å²) >= 11 is 0. The predicted octanol–water partition coefficient (Wildman–Crippen LogP) is 4.53. The van der Waals surface area contributed by atoms with Gasteiger partial charge in [0, 0.05) is 30.9 Å². The monoisotopic (exact) mass is 439 g/mol. The molecule has 3 aromatic rings. The van der Waals surface area contributed by atoms with Crippen molar-refractivity contribution in [2.75, 3.05) is 32.2 Å². The highest BCUT2D eigenvalue weighted by Crippen LogP contribution is 2.25. The number of nitrogens with zero attached hydrogens (tertiary/aromatic N) is 3. The molecule has 0 amide bonds. The third kappa shape index (κ3) is 5.08. The first-order chi connectivity index (χ1) is 16.1. The first-order valence-electron chi connectivity index (χ1n) is 11.5. The van der Waals surface area contributed by atoms with Gasteiger partial charge in [0.15, 0.2) is 0 Å². The van der Waals surface area contributed by atoms with Crippen LogP contribution in [0.5, 0.6) is 0 Å². The number of hydrogen-bond acceptors (Lipinski definition) is 5. The van der Waals surface area contributed by atoms with Crippen molar-refractivity contribution in [2.24, 2.45) is 9.98 Å². The maximum Gasteiger partial charge on any atom is 0.216 e. The van der Waals surface area contributed by atoms with Gasteiger partial charge in [-0.1, -0.05) is 60.7 Å². The zero-order valence-electron chi connectivity index (χ0n) is 19.1. The minimum Gasteiger partial charge on any atom is -0.475 e. The van der Waals surface area contributed by atoms with Crippen molar-refractivity contribution in [3.63, 3.8) is 0 Å². The lowest BCUT2D eigenvalue weighted by Crippen LogP contribution is -2.13. The molecule has 0 fully saturated rings. The van der Waals surface area contributed by atoms with E-state index in [2.05, 4.69) is 71.6 Å². The fraction of sp³-hybridized carbons (Fsp3) is 0.286. The van der Waals surface area contributed by atoms with E-state index >= 15 is 0 Å². The number of hydrogen-bond donors (Lipinski definition) is 0. The van der Waals surface area contributed by atoms with Gasteiger partial charge in [-0.05, 0) is 42.2 Å². The quantitative estimate of drug-likeness (QED) is 0.543. The predicted molar refractivity (Wildman–Crippen MR) is 134 cm³/mol. The number of aliphatic imine (C=N–C) groups is 2. The Hall–Kier alpha value is -3.60. The number of anilines is 1. The average molecular weight is 440 g/mol. The molecular formula is C28H29N3O2. The largest absolute Gasteiger partial charge is 0.475 e. The minimum atomic E-state index is 0.129. The molecule has 0 unspecified atom stereocenters. The van der Waals surface area contributed by atoms with Crippen LogP contribution in [0, 0.1) is 0 Å². The van der Waals surface area contributed by atoms with Crippen LogP contribution in [0.2, 0.25) is 0 Å². The fourth-order valence-corrected chi connectivity index (χ4v) is 4.24. The highest BCUT2D eigenvalue weighted by molar-refractivity contribution is 6.02. The van der Waals surface area contributed by atoms with Crippen molar-refractivity contribution >= 4 is 17.5 Å². The molecule has 5 rings (SSSR count). The molecule has 0 saturated carbocycles. The molecular weight excluding hydrogens is 410 g/mol. The highest BCUT2D eigenvalue weighted by atomic mass is 16.5. The van der Waals surface area contributed by atoms with Gasteiger partial charge in [-0.2, -0.15) is 0 Å². The lowest BCUT2D eigenvalue weighted by Gasteiger charge is -2.16. The van der Waals surface area contributed by atoms with Gasteiger partial charge < -0.3 is 14.4 Å². The van der Waals surface area contributed by atoms with E-state index in [4.69, 9.17) is 19.5 Å². The summed E-state index contributed by atoms with van der Waals surface area (Å²) in [6.07, 6.45) is 1.75. The topological polar surface area (TPSA) is 46.4 Å². The van der Waals surface area contributed by atoms with E-state index in [-0.39, 0.29) is 12.1 Å². The zero-order valence-corrected chi connectivity index (χ0v) is 19.1. The summed E-state index contributed by atoms with van der Waals surface area (Å²) in [5, 5.41) is 0. The van der Waals surface area contributed by atoms with Gasteiger partial charge in [-0.15, -0.1) is 0 Å². The van der Waals surface area contributed by atoms with E-state index < -0.39 is 0 Å². The SMILES string of the molecule is CN(C)c1cc(C2=N[C@@H](Cc3ccccc3)CO2)cc(C2=N[C@@H](Cc3ccccc3)CO2)c1. The summed E-state index contributed by atoms with van der Waals surface area (Å²) < 4.78 is 12.1. The van der Waals surface area contributed by atoms with Gasteiger partial charge in [0.2, 0.25) is 11.8 Å². The molecule has 2 atom stereocenters. The minimum absolute atomic E-state index is 0.129. The number of rotatable bonds is 7. The second-order valence-electron chi connectivity index (χ2n) is 8.84. The Morgan fingerprint density at radius 2 is 1.15 bits per heavy atom. The van der Waals surface area contributed by atoms with Gasteiger partial charge in [0.1, 0.15) is 13.2 Å². The lowest BCUT2D eigenvalue weighted by molar-refractivity contribution is 0.316. The van der Waals surface area contributed by atoms with Gasteiger partial charge in [0.25, 0.3) is 0 Å². The van der Waals surface area contributed by atoms with Crippen molar-refractivity contribution in [3.05, 3.63) is 101 Å². The Morgan fingerprint density at radius 1 is 0.697 bits per heavy atom. The van der Waals surface area contributed by atoms with Crippen molar-refractivity contribution in [1.82, 2.24) is 0 Å². The number of ether oxygens (including phenoxy) is 2. The first-order valence-corrected chi connectivity index (χ1v) is 11.5. The average Bonchev–Trinajstić information content (AvgIpc) is 3.50. The van der Waals surface area contributed by atoms with E-state index in [1.165, 1.54) is 11.1 Å². The summed E-state index contributed by atoms with van der Waals surface area (Å²) in [6, 6.07) is 27.5. The molecule has 0 N–H and O–H groups in total. The molecule has 3 aromatic carbocycles. The summed E-state index contributed by atoms with van der Waals surface area (Å²) in [4.78, 5) is 11.9. The van der Waals surface area contributed by atoms with Crippen LogP contribution in [0.15, 0.2) is 88.8 Å². The Bertz CT molecular complexity index is 1070. The van der Waals surface area contributed by atoms with E-state index in [1.54, 1.807) is 0 Å². The molecule has 0 aliphatic carbocycles. The van der Waals surface area contributed by atoms with Crippen molar-refractivity contribution < 1.29 is 9.47 Å². The molecule has 168 valence electrons. The van der Waals surface area contributed by atoms with Gasteiger partial charge in [-0.3, -0.25) is 0 Å². The third-order valence-electron chi connectivity index (χ3n) is 5.98. The molecule has 0 spiro atoms. The Labute approximate surface area is 195 Å². The maximum absolute atomic E-state index is 6.03. The second kappa shape index (κ2) is 9.49. The standard InChI is InChI=1S/C28H29N3O2/c1-31(2)26-16-22(27-29-24(18-32-27)13-20-9-5-3-6-10-20)15-23(17-26)28-30-25(19-33-28)14-21-11-7-4-8-12-21/h3-12,15-17,24-25H,13-14,18-19H2,1-2H3/t24-,25-/m0/s1. The van der Waals surface area contributed by atoms with Crippen LogP contribution < -0.4 is 4.90 Å². The molecule has 5 heteroatoms. The van der Waals surface area contributed by atoms with Gasteiger partial charge in [0.05, 0.1) is 12.1 Å². The maximum atomic E-state index is 6.03. The lowest BCUT2D eigenvalue weighted by atomic mass is 10.1. The molecule has 5 nitrogen and oxygen atoms in total. The molecule has 0 radical (unpaired) electrons. The fourth-order valence-electron chi connectivity index (χ4n) is 4.24. The van der Waals surface area contributed by atoms with Crippen molar-refractivity contribution in [2.45, 2.75) is 24.9 Å². The number of benzene rings is 3. The first kappa shape index (κ1) is 21.3. The van der Waals surface area contributed by atoms with E-state index in [1.807, 2.05) is 26.2 Å². The summed E-state index contributed by atoms with van der Waals surface area (Å²) in [6.45, 7) is 1.20. The van der Waals surface area contributed by atoms with Gasteiger partial charge in [-0.25, -0.2) is 9.98 Å². The van der Waals surface area contributed by atoms with Crippen molar-refractivity contribution in [1.29, 1.82) is 0 Å². The van der Waals surface area contributed by atoms with Crippen molar-refractivity contribution in [3.8, 4) is 0 Å². The Balaban J connectivity index is 1.38. The Kier molecular flexibility index (Phi) is 6.11. The smallest absolute Gasteiger partial charge is 0.216 e. The molecule has 2 aliphatic heterocycles. The third-order valence-corrected chi connectivity index (χ3v) is 5.98. The van der Waals surface area contributed by atoms with Crippen LogP contribution in [0.4, 0.5) is 5.69 Å². The van der Waals surface area contributed by atoms with E-state index in [0.717, 1.165) is 29.7 Å². The summed E-state index contributed by atoms with van der Waals surface area (Å²) in [5.74, 6) is 1.39. The highest BCUT2D eigenvalue weighted by Gasteiger charge is 2.25. The van der Waals surface area contributed by atoms with E-state index in [9.17, 15) is 0 Å². The van der Waals surface area contributed by atoms with Gasteiger partial charge >= 0.3 is 0 Å². The van der Waals surface area contributed by atoms with Crippen LogP contribution in [0.3, 0.4) is 0 Å². The molecule has 0 aromatic heterocycles. The zero-order chi connectivity index (χ0) is 22.6. The normalized spacial score (nSPS) is 19.5. The molecule has 0 bridgehead atoms. The summed E-state index contributed by atoms with van der Waals surface area (Å²) in [7, 11) is 4.07. The van der Waals surface area contributed by atoms with Crippen LogP contribution in [0.25, 0.3) is 0 Å².